The van der Waals surface area contributed by atoms with Crippen LogP contribution in [-0.2, 0) is 0 Å². The standard InChI is InChI=1S/C21H28O4/c1-2-19(22)8-6-4-3-5-7-13-25-20-12-11-16-14-18(21(23)24)10-9-17(16)15-20/h9-12,14-15,19,22H,2-8,13H2,1H3,(H,23,24). The molecule has 25 heavy (non-hydrogen) atoms. The Kier molecular flexibility index (Phi) is 7.74. The average molecular weight is 344 g/mol. The fraction of sp³-hybridized carbons (Fsp3) is 0.476. The van der Waals surface area contributed by atoms with Crippen molar-refractivity contribution in [3.05, 3.63) is 42.0 Å². The van der Waals surface area contributed by atoms with Crippen LogP contribution in [0.5, 0.6) is 5.75 Å². The maximum Gasteiger partial charge on any atom is 0.335 e. The van der Waals surface area contributed by atoms with Gasteiger partial charge in [-0.3, -0.25) is 0 Å². The van der Waals surface area contributed by atoms with Crippen LogP contribution in [0.1, 0.15) is 62.2 Å². The topological polar surface area (TPSA) is 66.8 Å². The van der Waals surface area contributed by atoms with E-state index in [4.69, 9.17) is 9.84 Å². The van der Waals surface area contributed by atoms with E-state index in [0.717, 1.165) is 48.6 Å². The third-order valence-corrected chi connectivity index (χ3v) is 4.48. The molecule has 2 rings (SSSR count). The summed E-state index contributed by atoms with van der Waals surface area (Å²) in [6, 6.07) is 10.8. The van der Waals surface area contributed by atoms with Crippen molar-refractivity contribution in [2.75, 3.05) is 6.61 Å². The SMILES string of the molecule is CCC(O)CCCCCCCOc1ccc2cc(C(=O)O)ccc2c1. The minimum atomic E-state index is -0.911. The van der Waals surface area contributed by atoms with Gasteiger partial charge in [-0.05, 0) is 54.3 Å². The molecule has 0 saturated carbocycles. The molecule has 0 aliphatic carbocycles. The summed E-state index contributed by atoms with van der Waals surface area (Å²) in [7, 11) is 0. The lowest BCUT2D eigenvalue weighted by Crippen LogP contribution is -2.03. The highest BCUT2D eigenvalue weighted by atomic mass is 16.5. The zero-order chi connectivity index (χ0) is 18.1. The van der Waals surface area contributed by atoms with Crippen LogP contribution in [0, 0.1) is 0 Å². The van der Waals surface area contributed by atoms with E-state index in [-0.39, 0.29) is 6.10 Å². The maximum atomic E-state index is 11.0. The minimum absolute atomic E-state index is 0.136. The molecule has 4 nitrogen and oxygen atoms in total. The normalized spacial score (nSPS) is 12.2. The molecule has 0 saturated heterocycles. The molecule has 0 radical (unpaired) electrons. The number of benzene rings is 2. The molecular formula is C21H28O4. The van der Waals surface area contributed by atoms with Crippen LogP contribution in [0.4, 0.5) is 0 Å². The van der Waals surface area contributed by atoms with Gasteiger partial charge in [0.15, 0.2) is 0 Å². The molecule has 0 amide bonds. The number of hydrogen-bond acceptors (Lipinski definition) is 3. The smallest absolute Gasteiger partial charge is 0.335 e. The predicted molar refractivity (Wildman–Crippen MR) is 100 cm³/mol. The van der Waals surface area contributed by atoms with Gasteiger partial charge in [0, 0.05) is 0 Å². The molecule has 2 N–H and O–H groups in total. The van der Waals surface area contributed by atoms with Crippen LogP contribution in [-0.4, -0.2) is 28.9 Å². The lowest BCUT2D eigenvalue weighted by Gasteiger charge is -2.09. The van der Waals surface area contributed by atoms with E-state index in [9.17, 15) is 9.90 Å². The highest BCUT2D eigenvalue weighted by Gasteiger charge is 2.04. The van der Waals surface area contributed by atoms with Gasteiger partial charge in [-0.2, -0.15) is 0 Å². The first-order valence-corrected chi connectivity index (χ1v) is 9.18. The van der Waals surface area contributed by atoms with E-state index in [2.05, 4.69) is 0 Å². The maximum absolute atomic E-state index is 11.0. The Bertz CT molecular complexity index is 681. The summed E-state index contributed by atoms with van der Waals surface area (Å²) in [5, 5.41) is 20.4. The lowest BCUT2D eigenvalue weighted by atomic mass is 10.1. The van der Waals surface area contributed by atoms with E-state index in [1.165, 1.54) is 12.8 Å². The summed E-state index contributed by atoms with van der Waals surface area (Å²) in [6.45, 7) is 2.70. The predicted octanol–water partition coefficient (Wildman–Crippen LogP) is 5.03. The van der Waals surface area contributed by atoms with Crippen molar-refractivity contribution >= 4 is 16.7 Å². The van der Waals surface area contributed by atoms with Crippen molar-refractivity contribution in [3.8, 4) is 5.75 Å². The Morgan fingerprint density at radius 1 is 1.00 bits per heavy atom. The number of ether oxygens (including phenoxy) is 1. The number of aliphatic hydroxyl groups excluding tert-OH is 1. The fourth-order valence-electron chi connectivity index (χ4n) is 2.85. The lowest BCUT2D eigenvalue weighted by molar-refractivity contribution is 0.0697. The highest BCUT2D eigenvalue weighted by Crippen LogP contribution is 2.22. The number of hydrogen-bond donors (Lipinski definition) is 2. The zero-order valence-electron chi connectivity index (χ0n) is 14.9. The Morgan fingerprint density at radius 2 is 1.68 bits per heavy atom. The largest absolute Gasteiger partial charge is 0.494 e. The van der Waals surface area contributed by atoms with Gasteiger partial charge in [-0.25, -0.2) is 4.79 Å². The van der Waals surface area contributed by atoms with Gasteiger partial charge in [0.05, 0.1) is 18.3 Å². The van der Waals surface area contributed by atoms with Crippen LogP contribution in [0.3, 0.4) is 0 Å². The molecule has 136 valence electrons. The van der Waals surface area contributed by atoms with E-state index in [1.807, 2.05) is 31.2 Å². The first-order chi connectivity index (χ1) is 12.1. The van der Waals surface area contributed by atoms with Crippen molar-refractivity contribution in [1.82, 2.24) is 0 Å². The van der Waals surface area contributed by atoms with Gasteiger partial charge < -0.3 is 14.9 Å². The third-order valence-electron chi connectivity index (χ3n) is 4.48. The second-order valence-corrected chi connectivity index (χ2v) is 6.50. The van der Waals surface area contributed by atoms with Crippen LogP contribution in [0.2, 0.25) is 0 Å². The number of carboxylic acids is 1. The number of unbranched alkanes of at least 4 members (excludes halogenated alkanes) is 4. The van der Waals surface area contributed by atoms with Gasteiger partial charge >= 0.3 is 5.97 Å². The summed E-state index contributed by atoms with van der Waals surface area (Å²) in [4.78, 5) is 11.0. The first-order valence-electron chi connectivity index (χ1n) is 9.18. The number of carbonyl (C=O) groups is 1. The number of aliphatic hydroxyl groups is 1. The quantitative estimate of drug-likeness (QED) is 0.561. The Morgan fingerprint density at radius 3 is 2.44 bits per heavy atom. The first kappa shape index (κ1) is 19.3. The summed E-state index contributed by atoms with van der Waals surface area (Å²) >= 11 is 0. The van der Waals surface area contributed by atoms with Gasteiger partial charge in [-0.15, -0.1) is 0 Å². The summed E-state index contributed by atoms with van der Waals surface area (Å²) < 4.78 is 5.80. The average Bonchev–Trinajstić information content (AvgIpc) is 2.62. The van der Waals surface area contributed by atoms with Gasteiger partial charge in [-0.1, -0.05) is 44.7 Å². The number of fused-ring (bicyclic) bond motifs is 1. The molecule has 0 aliphatic rings. The number of rotatable bonds is 11. The molecule has 1 atom stereocenters. The van der Waals surface area contributed by atoms with E-state index in [0.29, 0.717) is 12.2 Å². The van der Waals surface area contributed by atoms with Crippen LogP contribution in [0.15, 0.2) is 36.4 Å². The van der Waals surface area contributed by atoms with Gasteiger partial charge in [0.1, 0.15) is 5.75 Å². The van der Waals surface area contributed by atoms with Crippen molar-refractivity contribution in [2.24, 2.45) is 0 Å². The van der Waals surface area contributed by atoms with Crippen molar-refractivity contribution in [2.45, 2.75) is 58.0 Å². The molecule has 0 heterocycles. The molecule has 0 bridgehead atoms. The third kappa shape index (κ3) is 6.39. The van der Waals surface area contributed by atoms with Crippen molar-refractivity contribution in [3.63, 3.8) is 0 Å². The van der Waals surface area contributed by atoms with Crippen LogP contribution >= 0.6 is 0 Å². The monoisotopic (exact) mass is 344 g/mol. The summed E-state index contributed by atoms with van der Waals surface area (Å²) in [5.74, 6) is -0.0897. The summed E-state index contributed by atoms with van der Waals surface area (Å²) in [5.41, 5.74) is 0.299. The number of carboxylic acid groups (broad SMARTS) is 1. The molecule has 4 heteroatoms. The van der Waals surface area contributed by atoms with Crippen molar-refractivity contribution in [1.29, 1.82) is 0 Å². The minimum Gasteiger partial charge on any atom is -0.494 e. The molecule has 0 aromatic heterocycles. The molecular weight excluding hydrogens is 316 g/mol. The molecule has 0 fully saturated rings. The van der Waals surface area contributed by atoms with Crippen LogP contribution < -0.4 is 4.74 Å². The Labute approximate surface area is 149 Å². The van der Waals surface area contributed by atoms with Gasteiger partial charge in [0.2, 0.25) is 0 Å². The zero-order valence-corrected chi connectivity index (χ0v) is 14.9. The Balaban J connectivity index is 1.69. The number of aromatic carboxylic acids is 1. The molecule has 1 unspecified atom stereocenters. The summed E-state index contributed by atoms with van der Waals surface area (Å²) in [6.07, 6.45) is 7.21. The van der Waals surface area contributed by atoms with E-state index < -0.39 is 5.97 Å². The van der Waals surface area contributed by atoms with E-state index in [1.54, 1.807) is 12.1 Å². The Hall–Kier alpha value is -2.07. The molecule has 2 aromatic carbocycles. The van der Waals surface area contributed by atoms with Gasteiger partial charge in [0.25, 0.3) is 0 Å². The second-order valence-electron chi connectivity index (χ2n) is 6.50. The van der Waals surface area contributed by atoms with Crippen LogP contribution in [0.25, 0.3) is 10.8 Å². The molecule has 0 aliphatic heterocycles. The van der Waals surface area contributed by atoms with E-state index >= 15 is 0 Å². The molecule has 0 spiro atoms. The van der Waals surface area contributed by atoms with Crippen molar-refractivity contribution < 1.29 is 19.7 Å². The highest BCUT2D eigenvalue weighted by molar-refractivity contribution is 5.94. The molecule has 2 aromatic rings. The fourth-order valence-corrected chi connectivity index (χ4v) is 2.85. The second kappa shape index (κ2) is 10.0.